The molecule has 1 aliphatic rings. The Balaban J connectivity index is 1.65. The van der Waals surface area contributed by atoms with Crippen molar-refractivity contribution >= 4 is 45.7 Å². The third-order valence-electron chi connectivity index (χ3n) is 5.58. The van der Waals surface area contributed by atoms with Crippen LogP contribution in [0.3, 0.4) is 0 Å². The van der Waals surface area contributed by atoms with Gasteiger partial charge < -0.3 is 14.8 Å². The molecule has 1 amide bonds. The van der Waals surface area contributed by atoms with E-state index in [0.717, 1.165) is 41.1 Å². The number of methoxy groups -OCH3 is 2. The van der Waals surface area contributed by atoms with E-state index in [1.807, 2.05) is 24.3 Å². The largest absolute Gasteiger partial charge is 0.497 e. The van der Waals surface area contributed by atoms with Crippen LogP contribution in [-0.4, -0.2) is 26.3 Å². The lowest BCUT2D eigenvalue weighted by molar-refractivity contribution is 0.102. The van der Waals surface area contributed by atoms with Crippen molar-refractivity contribution in [2.24, 2.45) is 10.9 Å². The van der Waals surface area contributed by atoms with Gasteiger partial charge in [0.15, 0.2) is 0 Å². The fraction of sp³-hybridized carbons (Fsp3) is 0.280. The van der Waals surface area contributed by atoms with Gasteiger partial charge in [-0.1, -0.05) is 18.5 Å². The lowest BCUT2D eigenvalue weighted by Crippen LogP contribution is -2.16. The highest BCUT2D eigenvalue weighted by molar-refractivity contribution is 7.16. The van der Waals surface area contributed by atoms with Crippen LogP contribution in [0.5, 0.6) is 11.5 Å². The number of amides is 1. The van der Waals surface area contributed by atoms with Crippen molar-refractivity contribution in [1.82, 2.24) is 0 Å². The number of fused-ring (bicyclic) bond motifs is 1. The van der Waals surface area contributed by atoms with Crippen molar-refractivity contribution in [3.63, 3.8) is 0 Å². The van der Waals surface area contributed by atoms with Crippen LogP contribution >= 0.6 is 22.9 Å². The molecule has 1 N–H and O–H groups in total. The molecule has 0 fully saturated rings. The van der Waals surface area contributed by atoms with Gasteiger partial charge in [-0.25, -0.2) is 4.99 Å². The van der Waals surface area contributed by atoms with E-state index in [1.165, 1.54) is 4.88 Å². The molecule has 0 aliphatic heterocycles. The highest BCUT2D eigenvalue weighted by Crippen LogP contribution is 2.41. The normalized spacial score (nSPS) is 15.4. The van der Waals surface area contributed by atoms with Crippen molar-refractivity contribution < 1.29 is 14.3 Å². The van der Waals surface area contributed by atoms with E-state index in [0.29, 0.717) is 27.9 Å². The van der Waals surface area contributed by atoms with E-state index < -0.39 is 0 Å². The van der Waals surface area contributed by atoms with Gasteiger partial charge in [-0.15, -0.1) is 11.3 Å². The molecule has 7 heteroatoms. The van der Waals surface area contributed by atoms with E-state index in [1.54, 1.807) is 50.0 Å². The van der Waals surface area contributed by atoms with Crippen LogP contribution in [-0.2, 0) is 12.8 Å². The number of aliphatic imine (C=N–C) groups is 1. The van der Waals surface area contributed by atoms with Gasteiger partial charge in [0, 0.05) is 16.8 Å². The van der Waals surface area contributed by atoms with Crippen LogP contribution in [0.4, 0.5) is 10.7 Å². The second kappa shape index (κ2) is 9.76. The van der Waals surface area contributed by atoms with Crippen molar-refractivity contribution in [3.05, 3.63) is 69.1 Å². The Morgan fingerprint density at radius 2 is 1.97 bits per heavy atom. The number of halogens is 1. The summed E-state index contributed by atoms with van der Waals surface area (Å²) < 4.78 is 10.4. The number of anilines is 1. The molecule has 166 valence electrons. The van der Waals surface area contributed by atoms with Crippen molar-refractivity contribution in [3.8, 4) is 11.5 Å². The van der Waals surface area contributed by atoms with Crippen LogP contribution in [0.25, 0.3) is 0 Å². The first-order chi connectivity index (χ1) is 15.5. The minimum Gasteiger partial charge on any atom is -0.497 e. The van der Waals surface area contributed by atoms with Gasteiger partial charge in [0.25, 0.3) is 5.91 Å². The first-order valence-corrected chi connectivity index (χ1v) is 11.7. The number of thiophene rings is 1. The molecule has 1 aliphatic carbocycles. The minimum atomic E-state index is -0.167. The molecule has 0 unspecified atom stereocenters. The first-order valence-electron chi connectivity index (χ1n) is 10.5. The molecule has 4 rings (SSSR count). The SMILES string of the molecule is COc1ccc(C=Nc2sc3c(c2C(=O)Nc2ccc(OC)c(Cl)c2)CC[C@@H](C)C3)cc1. The quantitative estimate of drug-likeness (QED) is 0.417. The summed E-state index contributed by atoms with van der Waals surface area (Å²) in [6, 6.07) is 12.9. The lowest BCUT2D eigenvalue weighted by atomic mass is 9.88. The van der Waals surface area contributed by atoms with E-state index in [2.05, 4.69) is 12.2 Å². The summed E-state index contributed by atoms with van der Waals surface area (Å²) in [6.07, 6.45) is 4.73. The average molecular weight is 469 g/mol. The molecule has 0 spiro atoms. The predicted molar refractivity (Wildman–Crippen MR) is 132 cm³/mol. The van der Waals surface area contributed by atoms with Crippen LogP contribution in [0.1, 0.15) is 39.7 Å². The average Bonchev–Trinajstić information content (AvgIpc) is 3.15. The summed E-state index contributed by atoms with van der Waals surface area (Å²) in [7, 11) is 3.20. The van der Waals surface area contributed by atoms with Crippen LogP contribution in [0.2, 0.25) is 5.02 Å². The zero-order chi connectivity index (χ0) is 22.7. The number of carbonyl (C=O) groups is 1. The number of benzene rings is 2. The molecular weight excluding hydrogens is 444 g/mol. The second-order valence-electron chi connectivity index (χ2n) is 7.87. The van der Waals surface area contributed by atoms with Crippen LogP contribution in [0, 0.1) is 5.92 Å². The number of hydrogen-bond acceptors (Lipinski definition) is 5. The number of rotatable bonds is 6. The Hall–Kier alpha value is -2.83. The molecule has 0 bridgehead atoms. The molecule has 2 aromatic carbocycles. The van der Waals surface area contributed by atoms with Crippen LogP contribution < -0.4 is 14.8 Å². The molecule has 1 aromatic heterocycles. The molecular formula is C25H25ClN2O3S. The van der Waals surface area contributed by atoms with E-state index in [-0.39, 0.29) is 5.91 Å². The third kappa shape index (κ3) is 4.81. The smallest absolute Gasteiger partial charge is 0.259 e. The van der Waals surface area contributed by atoms with Gasteiger partial charge in [-0.2, -0.15) is 0 Å². The van der Waals surface area contributed by atoms with Gasteiger partial charge in [0.2, 0.25) is 0 Å². The fourth-order valence-corrected chi connectivity index (χ4v) is 5.43. The predicted octanol–water partition coefficient (Wildman–Crippen LogP) is 6.55. The van der Waals surface area contributed by atoms with Gasteiger partial charge in [0.1, 0.15) is 16.5 Å². The molecule has 3 aromatic rings. The number of ether oxygens (including phenoxy) is 2. The number of carbonyl (C=O) groups excluding carboxylic acids is 1. The fourth-order valence-electron chi connectivity index (χ4n) is 3.82. The molecule has 0 saturated heterocycles. The van der Waals surface area contributed by atoms with E-state index in [9.17, 15) is 4.79 Å². The Morgan fingerprint density at radius 3 is 2.66 bits per heavy atom. The number of nitrogens with zero attached hydrogens (tertiary/aromatic N) is 1. The van der Waals surface area contributed by atoms with Crippen molar-refractivity contribution in [2.45, 2.75) is 26.2 Å². The Labute approximate surface area is 197 Å². The van der Waals surface area contributed by atoms with Gasteiger partial charge in [-0.3, -0.25) is 4.79 Å². The summed E-state index contributed by atoms with van der Waals surface area (Å²) in [6.45, 7) is 2.25. The maximum Gasteiger partial charge on any atom is 0.259 e. The van der Waals surface area contributed by atoms with E-state index in [4.69, 9.17) is 26.1 Å². The van der Waals surface area contributed by atoms with Gasteiger partial charge >= 0.3 is 0 Å². The Bertz CT molecular complexity index is 1150. The van der Waals surface area contributed by atoms with Crippen molar-refractivity contribution in [2.75, 3.05) is 19.5 Å². The highest BCUT2D eigenvalue weighted by atomic mass is 35.5. The molecule has 5 nitrogen and oxygen atoms in total. The summed E-state index contributed by atoms with van der Waals surface area (Å²) in [5, 5.41) is 4.17. The molecule has 32 heavy (non-hydrogen) atoms. The maximum absolute atomic E-state index is 13.3. The summed E-state index contributed by atoms with van der Waals surface area (Å²) in [5.74, 6) is 1.80. The lowest BCUT2D eigenvalue weighted by Gasteiger charge is -2.18. The minimum absolute atomic E-state index is 0.167. The number of nitrogens with one attached hydrogen (secondary N) is 1. The summed E-state index contributed by atoms with van der Waals surface area (Å²) in [5.41, 5.74) is 3.34. The van der Waals surface area contributed by atoms with Gasteiger partial charge in [-0.05, 0) is 78.8 Å². The molecule has 0 radical (unpaired) electrons. The van der Waals surface area contributed by atoms with Gasteiger partial charge in [0.05, 0.1) is 24.8 Å². The Kier molecular flexibility index (Phi) is 6.82. The molecule has 0 saturated carbocycles. The van der Waals surface area contributed by atoms with Crippen LogP contribution in [0.15, 0.2) is 47.5 Å². The highest BCUT2D eigenvalue weighted by Gasteiger charge is 2.27. The maximum atomic E-state index is 13.3. The van der Waals surface area contributed by atoms with E-state index >= 15 is 0 Å². The zero-order valence-electron chi connectivity index (χ0n) is 18.3. The molecule has 1 heterocycles. The topological polar surface area (TPSA) is 59.9 Å². The Morgan fingerprint density at radius 1 is 1.19 bits per heavy atom. The summed E-state index contributed by atoms with van der Waals surface area (Å²) in [4.78, 5) is 19.3. The molecule has 1 atom stereocenters. The summed E-state index contributed by atoms with van der Waals surface area (Å²) >= 11 is 7.84. The standard InChI is InChI=1S/C25H25ClN2O3S/c1-15-4-10-19-22(12-15)32-25(27-14-16-5-8-18(30-2)9-6-16)23(19)24(29)28-17-7-11-21(31-3)20(26)13-17/h5-9,11,13-15H,4,10,12H2,1-3H3,(H,28,29)/t15-/m1/s1. The third-order valence-corrected chi connectivity index (χ3v) is 7.03. The zero-order valence-corrected chi connectivity index (χ0v) is 19.8. The monoisotopic (exact) mass is 468 g/mol. The number of hydrogen-bond donors (Lipinski definition) is 1. The van der Waals surface area contributed by atoms with Crippen molar-refractivity contribution in [1.29, 1.82) is 0 Å². The first kappa shape index (κ1) is 22.4. The second-order valence-corrected chi connectivity index (χ2v) is 9.36.